The van der Waals surface area contributed by atoms with Crippen LogP contribution in [-0.4, -0.2) is 4.98 Å². The molecule has 0 saturated heterocycles. The Balaban J connectivity index is 2.27. The highest BCUT2D eigenvalue weighted by Crippen LogP contribution is 2.30. The Labute approximate surface area is 122 Å². The zero-order chi connectivity index (χ0) is 15.7. The molecule has 0 unspecified atom stereocenters. The third kappa shape index (κ3) is 4.06. The van der Waals surface area contributed by atoms with Crippen molar-refractivity contribution in [3.8, 4) is 0 Å². The quantitative estimate of drug-likeness (QED) is 0.760. The lowest BCUT2D eigenvalue weighted by molar-refractivity contribution is -0.137. The molecule has 0 aliphatic heterocycles. The van der Waals surface area contributed by atoms with Crippen LogP contribution < -0.4 is 0 Å². The lowest BCUT2D eigenvalue weighted by Gasteiger charge is -2.18. The second-order valence-electron chi connectivity index (χ2n) is 6.17. The summed E-state index contributed by atoms with van der Waals surface area (Å²) in [6.07, 6.45) is -2.12. The van der Waals surface area contributed by atoms with Crippen molar-refractivity contribution in [1.82, 2.24) is 4.98 Å². The summed E-state index contributed by atoms with van der Waals surface area (Å²) in [5.74, 6) is 0. The molecule has 0 bridgehead atoms. The van der Waals surface area contributed by atoms with Gasteiger partial charge in [0.05, 0.1) is 5.56 Å². The third-order valence-electron chi connectivity index (χ3n) is 3.26. The third-order valence-corrected chi connectivity index (χ3v) is 3.26. The minimum absolute atomic E-state index is 0.0795. The van der Waals surface area contributed by atoms with Gasteiger partial charge in [0, 0.05) is 17.3 Å². The van der Waals surface area contributed by atoms with E-state index in [4.69, 9.17) is 0 Å². The average Bonchev–Trinajstić information content (AvgIpc) is 2.37. The van der Waals surface area contributed by atoms with E-state index in [0.717, 1.165) is 17.3 Å². The van der Waals surface area contributed by atoms with Crippen LogP contribution >= 0.6 is 0 Å². The molecule has 112 valence electrons. The van der Waals surface area contributed by atoms with Gasteiger partial charge in [-0.05, 0) is 35.7 Å². The molecule has 1 heterocycles. The first kappa shape index (κ1) is 15.5. The van der Waals surface area contributed by atoms with Crippen LogP contribution in [0.5, 0.6) is 0 Å². The van der Waals surface area contributed by atoms with Gasteiger partial charge < -0.3 is 0 Å². The Kier molecular flexibility index (Phi) is 4.08. The van der Waals surface area contributed by atoms with E-state index in [1.54, 1.807) is 12.3 Å². The van der Waals surface area contributed by atoms with Gasteiger partial charge in [0.2, 0.25) is 0 Å². The molecule has 2 rings (SSSR count). The van der Waals surface area contributed by atoms with Crippen molar-refractivity contribution in [3.05, 3.63) is 65.0 Å². The first-order valence-electron chi connectivity index (χ1n) is 6.78. The van der Waals surface area contributed by atoms with Gasteiger partial charge in [-0.15, -0.1) is 0 Å². The summed E-state index contributed by atoms with van der Waals surface area (Å²) in [7, 11) is 0. The normalized spacial score (nSPS) is 12.5. The van der Waals surface area contributed by atoms with Crippen LogP contribution in [0, 0.1) is 0 Å². The maximum atomic E-state index is 12.7. The molecule has 2 aromatic rings. The maximum absolute atomic E-state index is 12.7. The fourth-order valence-corrected chi connectivity index (χ4v) is 2.09. The van der Waals surface area contributed by atoms with E-state index < -0.39 is 11.7 Å². The highest BCUT2D eigenvalue weighted by atomic mass is 19.4. The van der Waals surface area contributed by atoms with Gasteiger partial charge in [0.1, 0.15) is 0 Å². The van der Waals surface area contributed by atoms with Gasteiger partial charge >= 0.3 is 6.18 Å². The van der Waals surface area contributed by atoms with E-state index in [9.17, 15) is 13.2 Å². The number of benzene rings is 1. The molecule has 0 aliphatic rings. The minimum Gasteiger partial charge on any atom is -0.261 e. The highest BCUT2D eigenvalue weighted by molar-refractivity contribution is 5.31. The smallest absolute Gasteiger partial charge is 0.261 e. The first-order valence-corrected chi connectivity index (χ1v) is 6.78. The molecular weight excluding hydrogens is 275 g/mol. The van der Waals surface area contributed by atoms with Crippen LogP contribution in [0.15, 0.2) is 42.6 Å². The Morgan fingerprint density at radius 3 is 2.24 bits per heavy atom. The number of hydrogen-bond acceptors (Lipinski definition) is 1. The molecule has 0 radical (unpaired) electrons. The summed E-state index contributed by atoms with van der Waals surface area (Å²) >= 11 is 0. The Morgan fingerprint density at radius 2 is 1.62 bits per heavy atom. The molecule has 0 amide bonds. The number of rotatable bonds is 2. The molecule has 0 atom stereocenters. The number of hydrogen-bond donors (Lipinski definition) is 0. The van der Waals surface area contributed by atoms with Gasteiger partial charge in [-0.3, -0.25) is 4.98 Å². The molecule has 4 heteroatoms. The molecule has 0 N–H and O–H groups in total. The van der Waals surface area contributed by atoms with Gasteiger partial charge in [0.25, 0.3) is 0 Å². The summed E-state index contributed by atoms with van der Waals surface area (Å²) < 4.78 is 38.2. The summed E-state index contributed by atoms with van der Waals surface area (Å²) in [5.41, 5.74) is 1.87. The fourth-order valence-electron chi connectivity index (χ4n) is 2.09. The van der Waals surface area contributed by atoms with Crippen molar-refractivity contribution in [3.63, 3.8) is 0 Å². The SMILES string of the molecule is CC(C)(C)c1cc(Cc2cccc(C(F)(F)F)c2)ccn1. The molecular formula is C17H18F3N. The van der Waals surface area contributed by atoms with E-state index in [0.29, 0.717) is 12.0 Å². The van der Waals surface area contributed by atoms with Crippen molar-refractivity contribution in [2.75, 3.05) is 0 Å². The van der Waals surface area contributed by atoms with E-state index in [2.05, 4.69) is 25.8 Å². The lowest BCUT2D eigenvalue weighted by Crippen LogP contribution is -2.13. The molecule has 0 saturated carbocycles. The van der Waals surface area contributed by atoms with Crippen LogP contribution in [0.4, 0.5) is 13.2 Å². The van der Waals surface area contributed by atoms with E-state index in [1.165, 1.54) is 12.1 Å². The monoisotopic (exact) mass is 293 g/mol. The topological polar surface area (TPSA) is 12.9 Å². The molecule has 1 aromatic heterocycles. The maximum Gasteiger partial charge on any atom is 0.416 e. The molecule has 1 aromatic carbocycles. The van der Waals surface area contributed by atoms with E-state index >= 15 is 0 Å². The van der Waals surface area contributed by atoms with Crippen molar-refractivity contribution in [2.45, 2.75) is 38.8 Å². The summed E-state index contributed by atoms with van der Waals surface area (Å²) in [6, 6.07) is 9.26. The summed E-state index contributed by atoms with van der Waals surface area (Å²) in [4.78, 5) is 4.33. The highest BCUT2D eigenvalue weighted by Gasteiger charge is 2.30. The standard InChI is InChI=1S/C17H18F3N/c1-16(2,3)15-11-13(7-8-21-15)9-12-5-4-6-14(10-12)17(18,19)20/h4-8,10-11H,9H2,1-3H3. The molecule has 0 aliphatic carbocycles. The van der Waals surface area contributed by atoms with Crippen molar-refractivity contribution in [2.24, 2.45) is 0 Å². The second kappa shape index (κ2) is 5.51. The number of aromatic nitrogens is 1. The van der Waals surface area contributed by atoms with Gasteiger partial charge in [0.15, 0.2) is 0 Å². The van der Waals surface area contributed by atoms with Crippen LogP contribution in [0.1, 0.15) is 43.2 Å². The lowest BCUT2D eigenvalue weighted by atomic mass is 9.90. The van der Waals surface area contributed by atoms with Gasteiger partial charge in [-0.1, -0.05) is 39.0 Å². The Morgan fingerprint density at radius 1 is 0.952 bits per heavy atom. The fraction of sp³-hybridized carbons (Fsp3) is 0.353. The largest absolute Gasteiger partial charge is 0.416 e. The molecule has 21 heavy (non-hydrogen) atoms. The minimum atomic E-state index is -4.30. The number of alkyl halides is 3. The number of nitrogens with zero attached hydrogens (tertiary/aromatic N) is 1. The average molecular weight is 293 g/mol. The van der Waals surface area contributed by atoms with Crippen LogP contribution in [-0.2, 0) is 18.0 Å². The van der Waals surface area contributed by atoms with Crippen LogP contribution in [0.3, 0.4) is 0 Å². The zero-order valence-electron chi connectivity index (χ0n) is 12.3. The molecule has 1 nitrogen and oxygen atoms in total. The Bertz CT molecular complexity index is 569. The van der Waals surface area contributed by atoms with Crippen LogP contribution in [0.2, 0.25) is 0 Å². The van der Waals surface area contributed by atoms with Crippen molar-refractivity contribution >= 4 is 0 Å². The summed E-state index contributed by atoms with van der Waals surface area (Å²) in [6.45, 7) is 6.18. The number of pyridine rings is 1. The first-order chi connectivity index (χ1) is 9.66. The molecule has 0 fully saturated rings. The van der Waals surface area contributed by atoms with Gasteiger partial charge in [-0.25, -0.2) is 0 Å². The summed E-state index contributed by atoms with van der Waals surface area (Å²) in [5, 5.41) is 0. The van der Waals surface area contributed by atoms with Crippen LogP contribution in [0.25, 0.3) is 0 Å². The van der Waals surface area contributed by atoms with E-state index in [1.807, 2.05) is 12.1 Å². The predicted octanol–water partition coefficient (Wildman–Crippen LogP) is 4.99. The Hall–Kier alpha value is -1.84. The zero-order valence-corrected chi connectivity index (χ0v) is 12.3. The van der Waals surface area contributed by atoms with E-state index in [-0.39, 0.29) is 5.41 Å². The predicted molar refractivity (Wildman–Crippen MR) is 77.2 cm³/mol. The number of halogens is 3. The van der Waals surface area contributed by atoms with Gasteiger partial charge in [-0.2, -0.15) is 13.2 Å². The van der Waals surface area contributed by atoms with Crippen molar-refractivity contribution in [1.29, 1.82) is 0 Å². The second-order valence-corrected chi connectivity index (χ2v) is 6.17. The molecule has 0 spiro atoms. The van der Waals surface area contributed by atoms with Crippen molar-refractivity contribution < 1.29 is 13.2 Å².